The molecule has 3 rings (SSSR count). The van der Waals surface area contributed by atoms with Crippen LogP contribution in [0.3, 0.4) is 0 Å². The quantitative estimate of drug-likeness (QED) is 0.439. The summed E-state index contributed by atoms with van der Waals surface area (Å²) in [5.74, 6) is 0.839. The van der Waals surface area contributed by atoms with Gasteiger partial charge in [-0.05, 0) is 47.2 Å². The average Bonchev–Trinajstić information content (AvgIpc) is 2.71. The Balaban J connectivity index is 1.89. The maximum atomic E-state index is 4.85. The minimum absolute atomic E-state index is 0.420. The largest absolute Gasteiger partial charge is 0.255 e. The van der Waals surface area contributed by atoms with Gasteiger partial charge in [0.15, 0.2) is 0 Å². The van der Waals surface area contributed by atoms with Crippen molar-refractivity contribution in [3.05, 3.63) is 89.2 Å². The summed E-state index contributed by atoms with van der Waals surface area (Å²) in [6, 6.07) is 22.2. The molecule has 1 heterocycles. The minimum Gasteiger partial charge on any atom is -0.255 e. The van der Waals surface area contributed by atoms with Gasteiger partial charge in [-0.1, -0.05) is 70.2 Å². The molecule has 0 N–H and O–H groups in total. The summed E-state index contributed by atoms with van der Waals surface area (Å²) in [5, 5.41) is 0. The molecule has 0 spiro atoms. The molecule has 0 aliphatic heterocycles. The summed E-state index contributed by atoms with van der Waals surface area (Å²) >= 11 is 0. The van der Waals surface area contributed by atoms with E-state index < -0.39 is 0 Å². The van der Waals surface area contributed by atoms with Gasteiger partial charge in [-0.3, -0.25) is 9.98 Å². The van der Waals surface area contributed by atoms with Crippen molar-refractivity contribution in [2.45, 2.75) is 39.5 Å². The fourth-order valence-corrected chi connectivity index (χ4v) is 3.06. The topological polar surface area (TPSA) is 37.6 Å². The highest BCUT2D eigenvalue weighted by molar-refractivity contribution is 5.84. The smallest absolute Gasteiger partial charge is 0.0820 e. The number of hydrogen-bond acceptors (Lipinski definition) is 3. The molecule has 28 heavy (non-hydrogen) atoms. The lowest BCUT2D eigenvalue weighted by Crippen LogP contribution is -1.97. The Morgan fingerprint density at radius 1 is 0.643 bits per heavy atom. The molecule has 0 saturated carbocycles. The lowest BCUT2D eigenvalue weighted by Gasteiger charge is -2.16. The van der Waals surface area contributed by atoms with Gasteiger partial charge in [0.05, 0.1) is 35.2 Å². The third-order valence-electron chi connectivity index (χ3n) is 4.56. The number of nitrogens with zero attached hydrogens (tertiary/aromatic N) is 3. The monoisotopic (exact) mass is 369 g/mol. The SMILES string of the molecule is CC(C)c1cccc(C(C)C)c1/N=C/c1cccc(/C=N/c2ccccc2)n1. The van der Waals surface area contributed by atoms with Crippen molar-refractivity contribution in [3.8, 4) is 0 Å². The molecule has 0 radical (unpaired) electrons. The van der Waals surface area contributed by atoms with Crippen LogP contribution in [-0.4, -0.2) is 17.4 Å². The lowest BCUT2D eigenvalue weighted by atomic mass is 9.93. The van der Waals surface area contributed by atoms with E-state index in [9.17, 15) is 0 Å². The number of aromatic nitrogens is 1. The summed E-state index contributed by atoms with van der Waals surface area (Å²) in [4.78, 5) is 14.0. The van der Waals surface area contributed by atoms with Gasteiger partial charge in [-0.2, -0.15) is 0 Å². The maximum Gasteiger partial charge on any atom is 0.0820 e. The van der Waals surface area contributed by atoms with Crippen LogP contribution < -0.4 is 0 Å². The van der Waals surface area contributed by atoms with Crippen molar-refractivity contribution in [3.63, 3.8) is 0 Å². The van der Waals surface area contributed by atoms with Crippen LogP contribution in [0.2, 0.25) is 0 Å². The summed E-state index contributed by atoms with van der Waals surface area (Å²) in [7, 11) is 0. The first-order valence-corrected chi connectivity index (χ1v) is 9.77. The Labute approximate surface area is 167 Å². The van der Waals surface area contributed by atoms with Gasteiger partial charge in [0.25, 0.3) is 0 Å². The van der Waals surface area contributed by atoms with Gasteiger partial charge in [0.2, 0.25) is 0 Å². The molecule has 0 fully saturated rings. The van der Waals surface area contributed by atoms with Crippen LogP contribution in [0.4, 0.5) is 11.4 Å². The van der Waals surface area contributed by atoms with E-state index in [4.69, 9.17) is 4.99 Å². The van der Waals surface area contributed by atoms with E-state index in [1.807, 2.05) is 54.7 Å². The number of pyridine rings is 1. The van der Waals surface area contributed by atoms with Crippen LogP contribution in [0.1, 0.15) is 62.0 Å². The predicted molar refractivity (Wildman–Crippen MR) is 120 cm³/mol. The summed E-state index contributed by atoms with van der Waals surface area (Å²) in [6.45, 7) is 8.82. The van der Waals surface area contributed by atoms with E-state index in [2.05, 4.69) is 55.9 Å². The fourth-order valence-electron chi connectivity index (χ4n) is 3.06. The standard InChI is InChI=1S/C25H27N3/c1-18(2)23-14-9-15-24(19(3)4)25(23)27-17-22-13-8-12-21(28-22)16-26-20-10-6-5-7-11-20/h5-19H,1-4H3/b26-16+,27-17+. The molecular weight excluding hydrogens is 342 g/mol. The van der Waals surface area contributed by atoms with Crippen molar-refractivity contribution in [2.24, 2.45) is 9.98 Å². The molecule has 0 aliphatic carbocycles. The summed E-state index contributed by atoms with van der Waals surface area (Å²) in [5.41, 5.74) is 6.15. The van der Waals surface area contributed by atoms with Gasteiger partial charge in [-0.15, -0.1) is 0 Å². The van der Waals surface area contributed by atoms with Crippen molar-refractivity contribution >= 4 is 23.8 Å². The number of hydrogen-bond donors (Lipinski definition) is 0. The first-order valence-electron chi connectivity index (χ1n) is 9.77. The van der Waals surface area contributed by atoms with E-state index in [1.165, 1.54) is 11.1 Å². The molecule has 0 atom stereocenters. The minimum atomic E-state index is 0.420. The molecule has 3 heteroatoms. The molecule has 0 amide bonds. The van der Waals surface area contributed by atoms with E-state index in [1.54, 1.807) is 6.21 Å². The van der Waals surface area contributed by atoms with Crippen molar-refractivity contribution in [1.29, 1.82) is 0 Å². The van der Waals surface area contributed by atoms with Crippen LogP contribution in [-0.2, 0) is 0 Å². The molecule has 0 unspecified atom stereocenters. The Hall–Kier alpha value is -3.07. The molecule has 3 nitrogen and oxygen atoms in total. The van der Waals surface area contributed by atoms with Gasteiger partial charge in [0, 0.05) is 0 Å². The van der Waals surface area contributed by atoms with Crippen molar-refractivity contribution in [2.75, 3.05) is 0 Å². The molecule has 3 aromatic rings. The zero-order chi connectivity index (χ0) is 19.9. The molecular formula is C25H27N3. The first kappa shape index (κ1) is 19.7. The second-order valence-electron chi connectivity index (χ2n) is 7.43. The van der Waals surface area contributed by atoms with Crippen LogP contribution in [0.5, 0.6) is 0 Å². The van der Waals surface area contributed by atoms with Crippen LogP contribution in [0, 0.1) is 0 Å². The van der Waals surface area contributed by atoms with Crippen molar-refractivity contribution < 1.29 is 0 Å². The van der Waals surface area contributed by atoms with E-state index >= 15 is 0 Å². The normalized spacial score (nSPS) is 11.9. The summed E-state index contributed by atoms with van der Waals surface area (Å²) in [6.07, 6.45) is 3.64. The highest BCUT2D eigenvalue weighted by Crippen LogP contribution is 2.34. The molecule has 0 bridgehead atoms. The van der Waals surface area contributed by atoms with Crippen LogP contribution in [0.25, 0.3) is 0 Å². The number of aliphatic imine (C=N–C) groups is 2. The summed E-state index contributed by atoms with van der Waals surface area (Å²) < 4.78 is 0. The number of rotatable bonds is 6. The molecule has 2 aromatic carbocycles. The molecule has 1 aromatic heterocycles. The highest BCUT2D eigenvalue weighted by atomic mass is 14.8. The lowest BCUT2D eigenvalue weighted by molar-refractivity contribution is 0.835. The zero-order valence-electron chi connectivity index (χ0n) is 17.0. The third kappa shape index (κ3) is 5.01. The second-order valence-corrected chi connectivity index (χ2v) is 7.43. The first-order chi connectivity index (χ1) is 13.5. The van der Waals surface area contributed by atoms with Gasteiger partial charge in [0.1, 0.15) is 0 Å². The second kappa shape index (κ2) is 9.23. The Bertz CT molecular complexity index is 944. The maximum absolute atomic E-state index is 4.85. The third-order valence-corrected chi connectivity index (χ3v) is 4.56. The molecule has 142 valence electrons. The van der Waals surface area contributed by atoms with Gasteiger partial charge in [-0.25, -0.2) is 4.98 Å². The van der Waals surface area contributed by atoms with E-state index in [0.29, 0.717) is 11.8 Å². The number of benzene rings is 2. The predicted octanol–water partition coefficient (Wildman–Crippen LogP) is 6.83. The van der Waals surface area contributed by atoms with Gasteiger partial charge >= 0.3 is 0 Å². The van der Waals surface area contributed by atoms with Gasteiger partial charge < -0.3 is 0 Å². The Morgan fingerprint density at radius 3 is 1.75 bits per heavy atom. The number of para-hydroxylation sites is 2. The Morgan fingerprint density at radius 2 is 1.18 bits per heavy atom. The average molecular weight is 370 g/mol. The van der Waals surface area contributed by atoms with Crippen LogP contribution >= 0.6 is 0 Å². The molecule has 0 aliphatic rings. The molecule has 0 saturated heterocycles. The fraction of sp³-hybridized carbons (Fsp3) is 0.240. The van der Waals surface area contributed by atoms with E-state index in [0.717, 1.165) is 22.8 Å². The van der Waals surface area contributed by atoms with E-state index in [-0.39, 0.29) is 0 Å². The van der Waals surface area contributed by atoms with Crippen molar-refractivity contribution in [1.82, 2.24) is 4.98 Å². The highest BCUT2D eigenvalue weighted by Gasteiger charge is 2.12. The zero-order valence-corrected chi connectivity index (χ0v) is 17.0. The Kier molecular flexibility index (Phi) is 6.49. The van der Waals surface area contributed by atoms with Crippen LogP contribution in [0.15, 0.2) is 76.7 Å².